The third-order valence-electron chi connectivity index (χ3n) is 2.92. The molecule has 0 radical (unpaired) electrons. The number of fused-ring (bicyclic) bond motifs is 1. The number of nitrogens with zero attached hydrogens (tertiary/aromatic N) is 1. The predicted octanol–water partition coefficient (Wildman–Crippen LogP) is 2.87. The minimum atomic E-state index is 0.726. The Kier molecular flexibility index (Phi) is 2.00. The van der Waals surface area contributed by atoms with E-state index in [2.05, 4.69) is 0 Å². The molecule has 2 aromatic carbocycles. The average Bonchev–Trinajstić information content (AvgIpc) is 2.69. The van der Waals surface area contributed by atoms with Crippen molar-refractivity contribution in [3.05, 3.63) is 70.9 Å². The zero-order valence-corrected chi connectivity index (χ0v) is 8.76. The molecule has 3 rings (SSSR count). The molecule has 0 aliphatic carbocycles. The monoisotopic (exact) mass is 209 g/mol. The van der Waals surface area contributed by atoms with E-state index in [4.69, 9.17) is 0 Å². The summed E-state index contributed by atoms with van der Waals surface area (Å²) < 4.78 is 1.05. The molecule has 1 aliphatic heterocycles. The van der Waals surface area contributed by atoms with Crippen molar-refractivity contribution in [3.63, 3.8) is 0 Å². The van der Waals surface area contributed by atoms with Crippen molar-refractivity contribution < 1.29 is 4.74 Å². The second kappa shape index (κ2) is 3.49. The molecule has 1 aliphatic rings. The van der Waals surface area contributed by atoms with Gasteiger partial charge in [0.2, 0.25) is 11.4 Å². The fraction of sp³-hybridized carbons (Fsp3) is 0.0714. The maximum absolute atomic E-state index is 12.1. The van der Waals surface area contributed by atoms with Gasteiger partial charge in [0.25, 0.3) is 0 Å². The zero-order chi connectivity index (χ0) is 11.0. The highest BCUT2D eigenvalue weighted by molar-refractivity contribution is 6.01. The van der Waals surface area contributed by atoms with Crippen LogP contribution in [0.1, 0.15) is 11.1 Å². The smallest absolute Gasteiger partial charge is 0.220 e. The lowest BCUT2D eigenvalue weighted by Gasteiger charge is -2.02. The molecule has 0 saturated heterocycles. The van der Waals surface area contributed by atoms with Crippen LogP contribution in [0.15, 0.2) is 54.6 Å². The molecule has 2 aromatic rings. The summed E-state index contributed by atoms with van der Waals surface area (Å²) in [6, 6.07) is 17.6. The summed E-state index contributed by atoms with van der Waals surface area (Å²) in [6.45, 7) is 0. The Morgan fingerprint density at radius 1 is 0.875 bits per heavy atom. The van der Waals surface area contributed by atoms with Gasteiger partial charge in [-0.25, -0.2) is 0 Å². The van der Waals surface area contributed by atoms with E-state index in [0.29, 0.717) is 0 Å². The molecule has 0 amide bonds. The summed E-state index contributed by atoms with van der Waals surface area (Å²) in [6.07, 6.45) is 0.726. The molecule has 0 fully saturated rings. The van der Waals surface area contributed by atoms with E-state index in [9.17, 15) is 5.21 Å². The van der Waals surface area contributed by atoms with Gasteiger partial charge < -0.3 is 5.21 Å². The molecule has 0 N–H and O–H groups in total. The Morgan fingerprint density at radius 3 is 2.31 bits per heavy atom. The summed E-state index contributed by atoms with van der Waals surface area (Å²) in [5.74, 6) is 0. The highest BCUT2D eigenvalue weighted by Gasteiger charge is 2.26. The Labute approximate surface area is 94.1 Å². The molecule has 78 valence electrons. The molecular weight excluding hydrogens is 198 g/mol. The minimum Gasteiger partial charge on any atom is -0.618 e. The first-order valence-electron chi connectivity index (χ1n) is 5.32. The maximum atomic E-state index is 12.1. The van der Waals surface area contributed by atoms with E-state index >= 15 is 0 Å². The number of para-hydroxylation sites is 1. The summed E-state index contributed by atoms with van der Waals surface area (Å²) in [7, 11) is 0. The molecule has 2 heteroatoms. The van der Waals surface area contributed by atoms with Crippen LogP contribution < -0.4 is 0 Å². The van der Waals surface area contributed by atoms with Gasteiger partial charge in [-0.05, 0) is 12.1 Å². The first kappa shape index (κ1) is 9.16. The average molecular weight is 209 g/mol. The van der Waals surface area contributed by atoms with Crippen LogP contribution in [0.4, 0.5) is 5.69 Å². The lowest BCUT2D eigenvalue weighted by Crippen LogP contribution is -2.08. The molecule has 0 spiro atoms. The largest absolute Gasteiger partial charge is 0.618 e. The van der Waals surface area contributed by atoms with Crippen LogP contribution in [0.5, 0.6) is 0 Å². The molecule has 2 nitrogen and oxygen atoms in total. The van der Waals surface area contributed by atoms with Crippen LogP contribution in [0.3, 0.4) is 0 Å². The van der Waals surface area contributed by atoms with Gasteiger partial charge in [-0.15, -0.1) is 0 Å². The standard InChI is InChI=1S/C14H11NO/c16-15-13-9-5-4-8-12(13)10-14(15)11-6-2-1-3-7-11/h1-9H,10H2. The quantitative estimate of drug-likeness (QED) is 0.524. The Morgan fingerprint density at radius 2 is 1.56 bits per heavy atom. The molecule has 0 bridgehead atoms. The van der Waals surface area contributed by atoms with Gasteiger partial charge in [-0.2, -0.15) is 4.74 Å². The van der Waals surface area contributed by atoms with Crippen molar-refractivity contribution in [2.75, 3.05) is 0 Å². The van der Waals surface area contributed by atoms with Crippen LogP contribution in [-0.4, -0.2) is 10.5 Å². The third kappa shape index (κ3) is 1.31. The number of rotatable bonds is 1. The number of benzene rings is 2. The second-order valence-corrected chi connectivity index (χ2v) is 3.91. The predicted molar refractivity (Wildman–Crippen MR) is 64.0 cm³/mol. The van der Waals surface area contributed by atoms with Crippen molar-refractivity contribution >= 4 is 11.4 Å². The van der Waals surface area contributed by atoms with Crippen LogP contribution in [0.25, 0.3) is 0 Å². The van der Waals surface area contributed by atoms with Crippen LogP contribution in [0.2, 0.25) is 0 Å². The second-order valence-electron chi connectivity index (χ2n) is 3.91. The fourth-order valence-corrected chi connectivity index (χ4v) is 2.11. The number of hydrogen-bond acceptors (Lipinski definition) is 1. The number of hydrogen-bond donors (Lipinski definition) is 0. The van der Waals surface area contributed by atoms with Gasteiger partial charge in [-0.1, -0.05) is 36.4 Å². The Hall–Kier alpha value is -2.09. The third-order valence-corrected chi connectivity index (χ3v) is 2.92. The van der Waals surface area contributed by atoms with Crippen molar-refractivity contribution in [2.24, 2.45) is 0 Å². The highest BCUT2D eigenvalue weighted by atomic mass is 16.5. The van der Waals surface area contributed by atoms with Crippen molar-refractivity contribution in [2.45, 2.75) is 6.42 Å². The Balaban J connectivity index is 2.11. The van der Waals surface area contributed by atoms with Gasteiger partial charge in [0.1, 0.15) is 0 Å². The molecule has 16 heavy (non-hydrogen) atoms. The van der Waals surface area contributed by atoms with E-state index < -0.39 is 0 Å². The summed E-state index contributed by atoms with van der Waals surface area (Å²) in [5, 5.41) is 12.1. The van der Waals surface area contributed by atoms with Gasteiger partial charge in [0.15, 0.2) is 0 Å². The summed E-state index contributed by atoms with van der Waals surface area (Å²) >= 11 is 0. The summed E-state index contributed by atoms with van der Waals surface area (Å²) in [4.78, 5) is 0. The molecule has 0 unspecified atom stereocenters. The molecular formula is C14H11NO. The Bertz CT molecular complexity index is 558. The normalized spacial score (nSPS) is 14.0. The van der Waals surface area contributed by atoms with Crippen LogP contribution in [-0.2, 0) is 6.42 Å². The fourth-order valence-electron chi connectivity index (χ4n) is 2.11. The first-order valence-corrected chi connectivity index (χ1v) is 5.32. The molecule has 0 aromatic heterocycles. The zero-order valence-electron chi connectivity index (χ0n) is 8.76. The highest BCUT2D eigenvalue weighted by Crippen LogP contribution is 2.27. The van der Waals surface area contributed by atoms with Gasteiger partial charge >= 0.3 is 0 Å². The first-order chi connectivity index (χ1) is 7.86. The topological polar surface area (TPSA) is 26.1 Å². The van der Waals surface area contributed by atoms with Crippen LogP contribution >= 0.6 is 0 Å². The van der Waals surface area contributed by atoms with E-state index in [-0.39, 0.29) is 0 Å². The summed E-state index contributed by atoms with van der Waals surface area (Å²) in [5.41, 5.74) is 3.73. The van der Waals surface area contributed by atoms with Crippen LogP contribution in [0, 0.1) is 5.21 Å². The molecule has 0 saturated carbocycles. The SMILES string of the molecule is [O-][N+]1=C(c2ccccc2)Cc2ccccc21. The van der Waals surface area contributed by atoms with E-state index in [1.807, 2.05) is 54.6 Å². The van der Waals surface area contributed by atoms with Crippen molar-refractivity contribution in [1.82, 2.24) is 0 Å². The lowest BCUT2D eigenvalue weighted by atomic mass is 10.0. The van der Waals surface area contributed by atoms with Gasteiger partial charge in [-0.3, -0.25) is 0 Å². The molecule has 0 atom stereocenters. The van der Waals surface area contributed by atoms with Gasteiger partial charge in [0.05, 0.1) is 6.42 Å². The maximum Gasteiger partial charge on any atom is 0.220 e. The van der Waals surface area contributed by atoms with E-state index in [0.717, 1.165) is 33.7 Å². The van der Waals surface area contributed by atoms with Crippen molar-refractivity contribution in [3.8, 4) is 0 Å². The minimum absolute atomic E-state index is 0.726. The van der Waals surface area contributed by atoms with Crippen molar-refractivity contribution in [1.29, 1.82) is 0 Å². The van der Waals surface area contributed by atoms with E-state index in [1.54, 1.807) is 0 Å². The van der Waals surface area contributed by atoms with Gasteiger partial charge in [0, 0.05) is 17.2 Å². The molecule has 1 heterocycles. The lowest BCUT2D eigenvalue weighted by molar-refractivity contribution is -0.356. The van der Waals surface area contributed by atoms with E-state index in [1.165, 1.54) is 0 Å².